The van der Waals surface area contributed by atoms with Gasteiger partial charge in [0.25, 0.3) is 0 Å². The molecule has 0 amide bonds. The van der Waals surface area contributed by atoms with E-state index in [0.29, 0.717) is 11.5 Å². The Morgan fingerprint density at radius 2 is 2.30 bits per heavy atom. The Hall–Kier alpha value is -1.88. The molecule has 105 valence electrons. The average Bonchev–Trinajstić information content (AvgIpc) is 2.90. The molecule has 1 N–H and O–H groups in total. The quantitative estimate of drug-likeness (QED) is 0.925. The van der Waals surface area contributed by atoms with Gasteiger partial charge < -0.3 is 5.32 Å². The molecule has 0 saturated heterocycles. The second kappa shape index (κ2) is 5.63. The minimum atomic E-state index is -0.147. The normalized spacial score (nSPS) is 17.6. The molecule has 0 spiro atoms. The van der Waals surface area contributed by atoms with Crippen LogP contribution in [0, 0.1) is 18.7 Å². The molecule has 3 rings (SSSR count). The fourth-order valence-electron chi connectivity index (χ4n) is 2.49. The summed E-state index contributed by atoms with van der Waals surface area (Å²) in [7, 11) is 0. The van der Waals surface area contributed by atoms with Crippen molar-refractivity contribution in [3.8, 4) is 0 Å². The first-order chi connectivity index (χ1) is 9.72. The highest BCUT2D eigenvalue weighted by atomic mass is 19.1. The molecule has 0 fully saturated rings. The van der Waals surface area contributed by atoms with Crippen molar-refractivity contribution in [1.82, 2.24) is 20.4 Å². The zero-order chi connectivity index (χ0) is 13.9. The van der Waals surface area contributed by atoms with Crippen molar-refractivity contribution in [2.75, 3.05) is 13.1 Å². The SMILES string of the molecule is Cc1cc(CNCC2C[N]c3ccnn3C2)ccc1F. The van der Waals surface area contributed by atoms with Crippen LogP contribution in [0.1, 0.15) is 11.1 Å². The monoisotopic (exact) mass is 273 g/mol. The molecule has 2 aromatic rings. The number of nitrogens with zero attached hydrogens (tertiary/aromatic N) is 3. The van der Waals surface area contributed by atoms with Crippen LogP contribution in [0.25, 0.3) is 0 Å². The van der Waals surface area contributed by atoms with Crippen LogP contribution >= 0.6 is 0 Å². The lowest BCUT2D eigenvalue weighted by Gasteiger charge is -2.23. The molecule has 1 aliphatic heterocycles. The Balaban J connectivity index is 1.50. The van der Waals surface area contributed by atoms with Gasteiger partial charge >= 0.3 is 0 Å². The lowest BCUT2D eigenvalue weighted by atomic mass is 10.1. The Labute approximate surface area is 118 Å². The van der Waals surface area contributed by atoms with E-state index < -0.39 is 0 Å². The standard InChI is InChI=1S/C15H18FN4/c1-11-6-12(2-3-14(11)16)7-17-8-13-9-18-15-4-5-19-20(15)10-13/h2-6,13,17H,7-10H2,1H3. The molecule has 0 aliphatic carbocycles. The van der Waals surface area contributed by atoms with Crippen LogP contribution < -0.4 is 10.6 Å². The van der Waals surface area contributed by atoms with Crippen molar-refractivity contribution in [3.63, 3.8) is 0 Å². The fourth-order valence-corrected chi connectivity index (χ4v) is 2.49. The second-order valence-corrected chi connectivity index (χ2v) is 5.29. The first-order valence-electron chi connectivity index (χ1n) is 6.87. The molecule has 1 atom stereocenters. The summed E-state index contributed by atoms with van der Waals surface area (Å²) in [5.41, 5.74) is 1.80. The zero-order valence-corrected chi connectivity index (χ0v) is 11.5. The molecule has 1 aromatic carbocycles. The number of fused-ring (bicyclic) bond motifs is 1. The Kier molecular flexibility index (Phi) is 3.69. The van der Waals surface area contributed by atoms with Crippen LogP contribution in [0.2, 0.25) is 0 Å². The van der Waals surface area contributed by atoms with E-state index in [1.54, 1.807) is 13.1 Å². The van der Waals surface area contributed by atoms with Crippen molar-refractivity contribution in [1.29, 1.82) is 0 Å². The summed E-state index contributed by atoms with van der Waals surface area (Å²) < 4.78 is 15.1. The minimum absolute atomic E-state index is 0.147. The molecule has 1 aromatic heterocycles. The first-order valence-corrected chi connectivity index (χ1v) is 6.87. The van der Waals surface area contributed by atoms with Crippen LogP contribution in [0.3, 0.4) is 0 Å². The fraction of sp³-hybridized carbons (Fsp3) is 0.400. The third-order valence-electron chi connectivity index (χ3n) is 3.62. The van der Waals surface area contributed by atoms with Gasteiger partial charge in [0.05, 0.1) is 6.20 Å². The van der Waals surface area contributed by atoms with Gasteiger partial charge in [0.15, 0.2) is 0 Å². The summed E-state index contributed by atoms with van der Waals surface area (Å²) in [5.74, 6) is 1.28. The van der Waals surface area contributed by atoms with Gasteiger partial charge in [-0.1, -0.05) is 12.1 Å². The number of aryl methyl sites for hydroxylation is 1. The average molecular weight is 273 g/mol. The number of benzene rings is 1. The molecule has 1 unspecified atom stereocenters. The van der Waals surface area contributed by atoms with Gasteiger partial charge in [-0.3, -0.25) is 5.32 Å². The summed E-state index contributed by atoms with van der Waals surface area (Å²) >= 11 is 0. The number of nitrogens with one attached hydrogen (secondary N) is 1. The molecule has 2 heterocycles. The molecular formula is C15H18FN4. The van der Waals surface area contributed by atoms with E-state index in [1.165, 1.54) is 6.07 Å². The van der Waals surface area contributed by atoms with E-state index in [2.05, 4.69) is 15.7 Å². The summed E-state index contributed by atoms with van der Waals surface area (Å²) in [6.07, 6.45) is 1.79. The van der Waals surface area contributed by atoms with E-state index >= 15 is 0 Å². The third-order valence-corrected chi connectivity index (χ3v) is 3.62. The van der Waals surface area contributed by atoms with E-state index in [9.17, 15) is 4.39 Å². The smallest absolute Gasteiger partial charge is 0.145 e. The van der Waals surface area contributed by atoms with E-state index in [0.717, 1.165) is 37.6 Å². The number of aromatic nitrogens is 2. The predicted molar refractivity (Wildman–Crippen MR) is 75.2 cm³/mol. The summed E-state index contributed by atoms with van der Waals surface area (Å²) in [6.45, 7) is 5.17. The maximum atomic E-state index is 13.2. The van der Waals surface area contributed by atoms with Gasteiger partial charge in [0, 0.05) is 38.2 Å². The molecule has 4 nitrogen and oxygen atoms in total. The second-order valence-electron chi connectivity index (χ2n) is 5.29. The van der Waals surface area contributed by atoms with Crippen LogP contribution in [-0.2, 0) is 13.1 Å². The number of hydrogen-bond donors (Lipinski definition) is 1. The third kappa shape index (κ3) is 2.82. The highest BCUT2D eigenvalue weighted by Crippen LogP contribution is 2.16. The summed E-state index contributed by atoms with van der Waals surface area (Å²) in [4.78, 5) is 0. The number of rotatable bonds is 4. The first kappa shape index (κ1) is 13.1. The van der Waals surface area contributed by atoms with Crippen molar-refractivity contribution >= 4 is 5.82 Å². The van der Waals surface area contributed by atoms with E-state index in [4.69, 9.17) is 0 Å². The Bertz CT molecular complexity index is 593. The van der Waals surface area contributed by atoms with Gasteiger partial charge in [-0.2, -0.15) is 5.10 Å². The minimum Gasteiger partial charge on any atom is -0.312 e. The summed E-state index contributed by atoms with van der Waals surface area (Å²) in [6, 6.07) is 7.18. The molecule has 1 radical (unpaired) electrons. The maximum absolute atomic E-state index is 13.2. The molecular weight excluding hydrogens is 255 g/mol. The van der Waals surface area contributed by atoms with Crippen molar-refractivity contribution in [3.05, 3.63) is 47.4 Å². The van der Waals surface area contributed by atoms with Crippen LogP contribution in [0.4, 0.5) is 10.2 Å². The van der Waals surface area contributed by atoms with E-state index in [1.807, 2.05) is 22.9 Å². The van der Waals surface area contributed by atoms with Gasteiger partial charge in [-0.05, 0) is 24.1 Å². The van der Waals surface area contributed by atoms with Crippen molar-refractivity contribution in [2.45, 2.75) is 20.0 Å². The van der Waals surface area contributed by atoms with Crippen molar-refractivity contribution in [2.24, 2.45) is 5.92 Å². The van der Waals surface area contributed by atoms with E-state index in [-0.39, 0.29) is 5.82 Å². The summed E-state index contributed by atoms with van der Waals surface area (Å²) in [5, 5.41) is 12.2. The largest absolute Gasteiger partial charge is 0.312 e. The molecule has 1 aliphatic rings. The topological polar surface area (TPSA) is 44.0 Å². The Morgan fingerprint density at radius 1 is 1.40 bits per heavy atom. The van der Waals surface area contributed by atoms with Gasteiger partial charge in [0.2, 0.25) is 0 Å². The molecule has 0 bridgehead atoms. The highest BCUT2D eigenvalue weighted by Gasteiger charge is 2.18. The van der Waals surface area contributed by atoms with Crippen LogP contribution in [0.15, 0.2) is 30.5 Å². The van der Waals surface area contributed by atoms with Crippen LogP contribution in [0.5, 0.6) is 0 Å². The molecule has 5 heteroatoms. The lowest BCUT2D eigenvalue weighted by molar-refractivity contribution is 0.352. The molecule has 0 saturated carbocycles. The number of halogens is 1. The van der Waals surface area contributed by atoms with Gasteiger partial charge in [0.1, 0.15) is 11.6 Å². The van der Waals surface area contributed by atoms with Crippen LogP contribution in [-0.4, -0.2) is 22.9 Å². The lowest BCUT2D eigenvalue weighted by Crippen LogP contribution is -2.34. The predicted octanol–water partition coefficient (Wildman–Crippen LogP) is 1.99. The number of hydrogen-bond acceptors (Lipinski definition) is 2. The zero-order valence-electron chi connectivity index (χ0n) is 11.5. The highest BCUT2D eigenvalue weighted by molar-refractivity contribution is 5.26. The maximum Gasteiger partial charge on any atom is 0.145 e. The van der Waals surface area contributed by atoms with Crippen molar-refractivity contribution < 1.29 is 4.39 Å². The Morgan fingerprint density at radius 3 is 3.15 bits per heavy atom. The molecule has 20 heavy (non-hydrogen) atoms. The van der Waals surface area contributed by atoms with Gasteiger partial charge in [-0.25, -0.2) is 9.07 Å². The van der Waals surface area contributed by atoms with Gasteiger partial charge in [-0.15, -0.1) is 0 Å².